The Morgan fingerprint density at radius 1 is 1.26 bits per heavy atom. The summed E-state index contributed by atoms with van der Waals surface area (Å²) < 4.78 is 5.31. The SMILES string of the molecule is CC[C@@H](C)Nc1cc(N2CCc3cc(OC)ccc3C2)ncn1. The predicted octanol–water partition coefficient (Wildman–Crippen LogP) is 3.26. The van der Waals surface area contributed by atoms with Gasteiger partial charge in [0.2, 0.25) is 0 Å². The van der Waals surface area contributed by atoms with Gasteiger partial charge in [-0.2, -0.15) is 0 Å². The van der Waals surface area contributed by atoms with Crippen LogP contribution in [0.2, 0.25) is 0 Å². The summed E-state index contributed by atoms with van der Waals surface area (Å²) in [6.07, 6.45) is 3.71. The zero-order chi connectivity index (χ0) is 16.2. The molecule has 1 aliphatic heterocycles. The van der Waals surface area contributed by atoms with Crippen LogP contribution in [0.5, 0.6) is 5.75 Å². The van der Waals surface area contributed by atoms with Gasteiger partial charge in [-0.3, -0.25) is 0 Å². The van der Waals surface area contributed by atoms with Crippen LogP contribution in [-0.4, -0.2) is 29.7 Å². The summed E-state index contributed by atoms with van der Waals surface area (Å²) in [6.45, 7) is 6.15. The molecule has 3 rings (SSSR count). The molecule has 0 fully saturated rings. The molecule has 0 radical (unpaired) electrons. The highest BCUT2D eigenvalue weighted by Gasteiger charge is 2.18. The average Bonchev–Trinajstić information content (AvgIpc) is 2.60. The summed E-state index contributed by atoms with van der Waals surface area (Å²) in [5.74, 6) is 2.80. The van der Waals surface area contributed by atoms with Crippen LogP contribution in [0.4, 0.5) is 11.6 Å². The van der Waals surface area contributed by atoms with Crippen LogP contribution >= 0.6 is 0 Å². The molecular weight excluding hydrogens is 288 g/mol. The first-order chi connectivity index (χ1) is 11.2. The van der Waals surface area contributed by atoms with Crippen molar-refractivity contribution in [2.75, 3.05) is 23.9 Å². The highest BCUT2D eigenvalue weighted by molar-refractivity contribution is 5.51. The minimum absolute atomic E-state index is 0.410. The van der Waals surface area contributed by atoms with Crippen LogP contribution in [0.1, 0.15) is 31.4 Å². The fraction of sp³-hybridized carbons (Fsp3) is 0.444. The molecule has 0 saturated heterocycles. The largest absolute Gasteiger partial charge is 0.497 e. The van der Waals surface area contributed by atoms with Crippen molar-refractivity contribution < 1.29 is 4.74 Å². The quantitative estimate of drug-likeness (QED) is 0.918. The summed E-state index contributed by atoms with van der Waals surface area (Å²) in [6, 6.07) is 8.77. The lowest BCUT2D eigenvalue weighted by Crippen LogP contribution is -2.31. The first-order valence-corrected chi connectivity index (χ1v) is 8.19. The zero-order valence-corrected chi connectivity index (χ0v) is 14.0. The van der Waals surface area contributed by atoms with Crippen molar-refractivity contribution in [2.45, 2.75) is 39.3 Å². The van der Waals surface area contributed by atoms with Gasteiger partial charge in [0.1, 0.15) is 23.7 Å². The van der Waals surface area contributed by atoms with Gasteiger partial charge in [-0.1, -0.05) is 13.0 Å². The van der Waals surface area contributed by atoms with Crippen LogP contribution in [0.3, 0.4) is 0 Å². The molecule has 2 heterocycles. The number of aromatic nitrogens is 2. The molecule has 122 valence electrons. The number of nitrogens with one attached hydrogen (secondary N) is 1. The third kappa shape index (κ3) is 3.55. The standard InChI is InChI=1S/C18H24N4O/c1-4-13(2)21-17-10-18(20-12-19-17)22-8-7-14-9-16(23-3)6-5-15(14)11-22/h5-6,9-10,12-13H,4,7-8,11H2,1-3H3,(H,19,20,21)/t13-/m1/s1. The second-order valence-corrected chi connectivity index (χ2v) is 6.02. The first-order valence-electron chi connectivity index (χ1n) is 8.19. The van der Waals surface area contributed by atoms with Crippen molar-refractivity contribution >= 4 is 11.6 Å². The lowest BCUT2D eigenvalue weighted by Gasteiger charge is -2.30. The van der Waals surface area contributed by atoms with Crippen molar-refractivity contribution in [1.29, 1.82) is 0 Å². The molecule has 1 aromatic carbocycles. The number of hydrogen-bond donors (Lipinski definition) is 1. The second-order valence-electron chi connectivity index (χ2n) is 6.02. The van der Waals surface area contributed by atoms with E-state index in [-0.39, 0.29) is 0 Å². The van der Waals surface area contributed by atoms with Gasteiger partial charge >= 0.3 is 0 Å². The summed E-state index contributed by atoms with van der Waals surface area (Å²) in [4.78, 5) is 11.1. The van der Waals surface area contributed by atoms with E-state index in [1.807, 2.05) is 12.1 Å². The van der Waals surface area contributed by atoms with Gasteiger partial charge < -0.3 is 15.0 Å². The van der Waals surface area contributed by atoms with Crippen molar-refractivity contribution in [3.8, 4) is 5.75 Å². The average molecular weight is 312 g/mol. The molecule has 0 saturated carbocycles. The summed E-state index contributed by atoms with van der Waals surface area (Å²) >= 11 is 0. The van der Waals surface area contributed by atoms with Gasteiger partial charge in [-0.15, -0.1) is 0 Å². The minimum Gasteiger partial charge on any atom is -0.497 e. The van der Waals surface area contributed by atoms with E-state index in [1.54, 1.807) is 13.4 Å². The third-order valence-electron chi connectivity index (χ3n) is 4.41. The molecule has 0 bridgehead atoms. The van der Waals surface area contributed by atoms with E-state index in [0.29, 0.717) is 6.04 Å². The third-order valence-corrected chi connectivity index (χ3v) is 4.41. The molecule has 1 atom stereocenters. The summed E-state index contributed by atoms with van der Waals surface area (Å²) in [7, 11) is 1.71. The Hall–Kier alpha value is -2.30. The second kappa shape index (κ2) is 6.86. The van der Waals surface area contributed by atoms with Gasteiger partial charge in [0.15, 0.2) is 0 Å². The van der Waals surface area contributed by atoms with Gasteiger partial charge in [0.25, 0.3) is 0 Å². The lowest BCUT2D eigenvalue weighted by molar-refractivity contribution is 0.413. The summed E-state index contributed by atoms with van der Waals surface area (Å²) in [5.41, 5.74) is 2.71. The Balaban J connectivity index is 1.76. The minimum atomic E-state index is 0.410. The molecule has 1 N–H and O–H groups in total. The van der Waals surface area contributed by atoms with E-state index >= 15 is 0 Å². The first kappa shape index (κ1) is 15.6. The molecule has 0 aliphatic carbocycles. The summed E-state index contributed by atoms with van der Waals surface area (Å²) in [5, 5.41) is 3.41. The monoisotopic (exact) mass is 312 g/mol. The van der Waals surface area contributed by atoms with Gasteiger partial charge in [0.05, 0.1) is 7.11 Å². The Kier molecular flexibility index (Phi) is 4.65. The van der Waals surface area contributed by atoms with Crippen molar-refractivity contribution in [2.24, 2.45) is 0 Å². The Labute approximate surface area is 137 Å². The van der Waals surface area contributed by atoms with Crippen LogP contribution in [0.15, 0.2) is 30.6 Å². The van der Waals surface area contributed by atoms with Crippen LogP contribution in [-0.2, 0) is 13.0 Å². The van der Waals surface area contributed by atoms with Crippen molar-refractivity contribution in [3.05, 3.63) is 41.7 Å². The molecule has 5 heteroatoms. The topological polar surface area (TPSA) is 50.3 Å². The predicted molar refractivity (Wildman–Crippen MR) is 93.2 cm³/mol. The van der Waals surface area contributed by atoms with Gasteiger partial charge in [-0.05, 0) is 43.0 Å². The van der Waals surface area contributed by atoms with Crippen LogP contribution < -0.4 is 15.0 Å². The lowest BCUT2D eigenvalue weighted by atomic mass is 9.99. The van der Waals surface area contributed by atoms with Crippen molar-refractivity contribution in [1.82, 2.24) is 9.97 Å². The number of rotatable bonds is 5. The maximum absolute atomic E-state index is 5.31. The molecule has 0 unspecified atom stereocenters. The van der Waals surface area contributed by atoms with E-state index in [0.717, 1.165) is 43.3 Å². The van der Waals surface area contributed by atoms with E-state index < -0.39 is 0 Å². The number of fused-ring (bicyclic) bond motifs is 1. The Morgan fingerprint density at radius 2 is 2.13 bits per heavy atom. The molecule has 1 aromatic heterocycles. The highest BCUT2D eigenvalue weighted by Crippen LogP contribution is 2.27. The van der Waals surface area contributed by atoms with Crippen LogP contribution in [0.25, 0.3) is 0 Å². The fourth-order valence-electron chi connectivity index (χ4n) is 2.81. The molecule has 0 spiro atoms. The maximum Gasteiger partial charge on any atom is 0.134 e. The molecule has 23 heavy (non-hydrogen) atoms. The smallest absolute Gasteiger partial charge is 0.134 e. The number of nitrogens with zero attached hydrogens (tertiary/aromatic N) is 3. The molecule has 0 amide bonds. The number of benzene rings is 1. The van der Waals surface area contributed by atoms with E-state index in [4.69, 9.17) is 4.74 Å². The number of ether oxygens (including phenoxy) is 1. The number of hydrogen-bond acceptors (Lipinski definition) is 5. The van der Waals surface area contributed by atoms with Gasteiger partial charge in [-0.25, -0.2) is 9.97 Å². The maximum atomic E-state index is 5.31. The highest BCUT2D eigenvalue weighted by atomic mass is 16.5. The van der Waals surface area contributed by atoms with E-state index in [2.05, 4.69) is 46.2 Å². The molecule has 1 aliphatic rings. The fourth-order valence-corrected chi connectivity index (χ4v) is 2.81. The molecule has 5 nitrogen and oxygen atoms in total. The normalized spacial score (nSPS) is 15.0. The molecule has 2 aromatic rings. The molecular formula is C18H24N4O. The number of anilines is 2. The van der Waals surface area contributed by atoms with Crippen molar-refractivity contribution in [3.63, 3.8) is 0 Å². The van der Waals surface area contributed by atoms with Crippen LogP contribution in [0, 0.1) is 0 Å². The Bertz CT molecular complexity index is 674. The Morgan fingerprint density at radius 3 is 2.91 bits per heavy atom. The van der Waals surface area contributed by atoms with E-state index in [9.17, 15) is 0 Å². The number of methoxy groups -OCH3 is 1. The zero-order valence-electron chi connectivity index (χ0n) is 14.0. The van der Waals surface area contributed by atoms with E-state index in [1.165, 1.54) is 11.1 Å². The van der Waals surface area contributed by atoms with Gasteiger partial charge in [0, 0.05) is 25.2 Å².